The van der Waals surface area contributed by atoms with E-state index in [0.717, 1.165) is 29.4 Å². The monoisotopic (exact) mass is 640 g/mol. The summed E-state index contributed by atoms with van der Waals surface area (Å²) in [5, 5.41) is 5.89. The molecule has 46 heavy (non-hydrogen) atoms. The molecule has 2 aliphatic carbocycles. The highest BCUT2D eigenvalue weighted by Gasteiger charge is 2.46. The van der Waals surface area contributed by atoms with Gasteiger partial charge in [0.25, 0.3) is 0 Å². The number of nitrogens with zero attached hydrogens (tertiary/aromatic N) is 2. The van der Waals surface area contributed by atoms with E-state index < -0.39 is 0 Å². The summed E-state index contributed by atoms with van der Waals surface area (Å²) in [7, 11) is 3.13. The van der Waals surface area contributed by atoms with Crippen molar-refractivity contribution in [2.24, 2.45) is 23.2 Å². The summed E-state index contributed by atoms with van der Waals surface area (Å²) in [6.07, 6.45) is 9.37. The number of rotatable bonds is 18. The van der Waals surface area contributed by atoms with Gasteiger partial charge in [-0.25, -0.2) is 4.98 Å². The Balaban J connectivity index is 1.06. The number of nitrogen functional groups attached to an aromatic ring is 2. The normalized spacial score (nSPS) is 21.9. The molecule has 1 aromatic heterocycles. The first-order valence-electron chi connectivity index (χ1n) is 16.4. The number of unbranched alkanes of at least 4 members (excludes halogenated alkanes) is 1. The van der Waals surface area contributed by atoms with Gasteiger partial charge in [-0.3, -0.25) is 9.59 Å². The predicted molar refractivity (Wildman–Crippen MR) is 177 cm³/mol. The van der Waals surface area contributed by atoms with E-state index >= 15 is 0 Å². The molecule has 0 spiro atoms. The Bertz CT molecular complexity index is 1300. The number of aromatic nitrogens is 2. The molecule has 2 amide bonds. The highest BCUT2D eigenvalue weighted by Crippen LogP contribution is 2.55. The van der Waals surface area contributed by atoms with Gasteiger partial charge in [0.1, 0.15) is 5.82 Å². The lowest BCUT2D eigenvalue weighted by Gasteiger charge is -2.30. The molecular formula is C34H52N6O6. The summed E-state index contributed by atoms with van der Waals surface area (Å²) in [4.78, 5) is 32.8. The summed E-state index contributed by atoms with van der Waals surface area (Å²) in [6.45, 7) is 6.74. The number of hydrogen-bond acceptors (Lipinski definition) is 10. The van der Waals surface area contributed by atoms with Gasteiger partial charge in [0.05, 0.1) is 34.0 Å². The SMILES string of the molecule is COc1cc(Cc2cnc(N)nc2N)cc(OC)c1OCCCCC(=O)NCCOCCNC(=O)CC1(C)CC(C)CC2CC2C1. The Kier molecular flexibility index (Phi) is 12.7. The minimum absolute atomic E-state index is 0.0360. The summed E-state index contributed by atoms with van der Waals surface area (Å²) < 4.78 is 22.7. The number of nitrogens with one attached hydrogen (secondary N) is 2. The molecule has 0 saturated heterocycles. The van der Waals surface area contributed by atoms with Crippen LogP contribution < -0.4 is 36.3 Å². The second-order valence-corrected chi connectivity index (χ2v) is 13.3. The van der Waals surface area contributed by atoms with Crippen LogP contribution in [0.5, 0.6) is 17.2 Å². The topological polar surface area (TPSA) is 173 Å². The van der Waals surface area contributed by atoms with E-state index in [-0.39, 0.29) is 23.2 Å². The third-order valence-electron chi connectivity index (χ3n) is 8.97. The Hall–Kier alpha value is -3.80. The van der Waals surface area contributed by atoms with Crippen LogP contribution >= 0.6 is 0 Å². The van der Waals surface area contributed by atoms with Crippen molar-refractivity contribution in [1.82, 2.24) is 20.6 Å². The summed E-state index contributed by atoms with van der Waals surface area (Å²) in [6, 6.07) is 3.72. The molecule has 1 heterocycles. The average molecular weight is 641 g/mol. The Morgan fingerprint density at radius 2 is 1.65 bits per heavy atom. The van der Waals surface area contributed by atoms with Crippen LogP contribution in [-0.4, -0.2) is 68.9 Å². The van der Waals surface area contributed by atoms with Crippen LogP contribution in [0.2, 0.25) is 0 Å². The number of carbonyl (C=O) groups excluding carboxylic acids is 2. The Morgan fingerprint density at radius 1 is 0.957 bits per heavy atom. The molecule has 12 nitrogen and oxygen atoms in total. The lowest BCUT2D eigenvalue weighted by atomic mass is 9.75. The van der Waals surface area contributed by atoms with E-state index in [1.54, 1.807) is 20.4 Å². The molecule has 4 atom stereocenters. The van der Waals surface area contributed by atoms with Crippen LogP contribution in [0.3, 0.4) is 0 Å². The molecule has 2 saturated carbocycles. The lowest BCUT2D eigenvalue weighted by Crippen LogP contribution is -2.34. The number of benzene rings is 1. The molecule has 2 fully saturated rings. The van der Waals surface area contributed by atoms with Crippen molar-refractivity contribution >= 4 is 23.6 Å². The summed E-state index contributed by atoms with van der Waals surface area (Å²) in [5.41, 5.74) is 13.3. The summed E-state index contributed by atoms with van der Waals surface area (Å²) >= 11 is 0. The van der Waals surface area contributed by atoms with Crippen LogP contribution in [0, 0.1) is 23.2 Å². The number of fused-ring (bicyclic) bond motifs is 1. The first-order valence-corrected chi connectivity index (χ1v) is 16.4. The lowest BCUT2D eigenvalue weighted by molar-refractivity contribution is -0.124. The molecule has 6 N–H and O–H groups in total. The van der Waals surface area contributed by atoms with E-state index in [1.165, 1.54) is 19.3 Å². The number of anilines is 2. The zero-order valence-corrected chi connectivity index (χ0v) is 27.9. The van der Waals surface area contributed by atoms with Gasteiger partial charge in [-0.15, -0.1) is 0 Å². The Morgan fingerprint density at radius 3 is 2.33 bits per heavy atom. The van der Waals surface area contributed by atoms with Crippen LogP contribution in [0.15, 0.2) is 18.3 Å². The van der Waals surface area contributed by atoms with Gasteiger partial charge in [-0.1, -0.05) is 13.8 Å². The van der Waals surface area contributed by atoms with Gasteiger partial charge < -0.3 is 41.0 Å². The van der Waals surface area contributed by atoms with Crippen molar-refractivity contribution in [1.29, 1.82) is 0 Å². The zero-order chi connectivity index (χ0) is 33.1. The number of ether oxygens (including phenoxy) is 4. The molecule has 254 valence electrons. The molecule has 4 unspecified atom stereocenters. The third-order valence-corrected chi connectivity index (χ3v) is 8.97. The van der Waals surface area contributed by atoms with Gasteiger partial charge in [-0.05, 0) is 79.4 Å². The maximum Gasteiger partial charge on any atom is 0.221 e. The van der Waals surface area contributed by atoms with Gasteiger partial charge >= 0.3 is 0 Å². The van der Waals surface area contributed by atoms with Gasteiger partial charge in [0.2, 0.25) is 23.5 Å². The van der Waals surface area contributed by atoms with Crippen LogP contribution in [0.25, 0.3) is 0 Å². The standard InChI is InChI=1S/C34H52N6O6/c1-22-13-24-17-25(24)19-34(2,18-22)20-30(42)38-9-12-45-11-8-37-29(41)7-5-6-10-46-31-27(43-3)15-23(16-28(31)44-4)14-26-21-39-33(36)40-32(26)35/h15-16,21-22,24-25H,5-14,17-20H2,1-4H3,(H,37,41)(H,38,42)(H4,35,36,39,40). The molecule has 0 radical (unpaired) electrons. The maximum absolute atomic E-state index is 12.6. The van der Waals surface area contributed by atoms with Crippen molar-refractivity contribution < 1.29 is 28.5 Å². The smallest absolute Gasteiger partial charge is 0.221 e. The van der Waals surface area contributed by atoms with Gasteiger partial charge in [0.15, 0.2) is 11.5 Å². The number of methoxy groups -OCH3 is 2. The number of carbonyl (C=O) groups is 2. The first kappa shape index (κ1) is 35.1. The fraction of sp³-hybridized carbons (Fsp3) is 0.647. The minimum atomic E-state index is -0.0360. The highest BCUT2D eigenvalue weighted by atomic mass is 16.5. The van der Waals surface area contributed by atoms with E-state index in [2.05, 4.69) is 34.4 Å². The molecule has 2 aliphatic rings. The number of amides is 2. The number of nitrogens with two attached hydrogens (primary N) is 2. The molecule has 2 aromatic rings. The van der Waals surface area contributed by atoms with E-state index in [4.69, 9.17) is 30.4 Å². The highest BCUT2D eigenvalue weighted by molar-refractivity contribution is 5.76. The molecule has 12 heteroatoms. The number of hydrogen-bond donors (Lipinski definition) is 4. The zero-order valence-electron chi connectivity index (χ0n) is 27.9. The minimum Gasteiger partial charge on any atom is -0.493 e. The van der Waals surface area contributed by atoms with Gasteiger partial charge in [-0.2, -0.15) is 4.98 Å². The second kappa shape index (κ2) is 16.7. The van der Waals surface area contributed by atoms with Crippen LogP contribution in [0.4, 0.5) is 11.8 Å². The second-order valence-electron chi connectivity index (χ2n) is 13.3. The first-order chi connectivity index (χ1) is 22.1. The van der Waals surface area contributed by atoms with Crippen molar-refractivity contribution in [3.63, 3.8) is 0 Å². The van der Waals surface area contributed by atoms with E-state index in [1.807, 2.05) is 12.1 Å². The fourth-order valence-corrected chi connectivity index (χ4v) is 6.85. The third kappa shape index (κ3) is 10.6. The maximum atomic E-state index is 12.6. The predicted octanol–water partition coefficient (Wildman–Crippen LogP) is 3.90. The summed E-state index contributed by atoms with van der Waals surface area (Å²) in [5.74, 6) is 4.51. The van der Waals surface area contributed by atoms with Crippen LogP contribution in [-0.2, 0) is 20.7 Å². The quantitative estimate of drug-likeness (QED) is 0.175. The molecular weight excluding hydrogens is 588 g/mol. The molecule has 0 aliphatic heterocycles. The van der Waals surface area contributed by atoms with Crippen LogP contribution in [0.1, 0.15) is 76.3 Å². The van der Waals surface area contributed by atoms with E-state index in [9.17, 15) is 9.59 Å². The van der Waals surface area contributed by atoms with E-state index in [0.29, 0.717) is 94.0 Å². The molecule has 1 aromatic carbocycles. The fourth-order valence-electron chi connectivity index (χ4n) is 6.85. The molecule has 0 bridgehead atoms. The molecule has 4 rings (SSSR count). The van der Waals surface area contributed by atoms with Gasteiger partial charge in [0, 0.05) is 44.1 Å². The van der Waals surface area contributed by atoms with Crippen molar-refractivity contribution in [3.05, 3.63) is 29.5 Å². The Labute approximate surface area is 272 Å². The van der Waals surface area contributed by atoms with Crippen molar-refractivity contribution in [2.75, 3.05) is 58.6 Å². The average Bonchev–Trinajstić information content (AvgIpc) is 3.74. The largest absolute Gasteiger partial charge is 0.493 e. The van der Waals surface area contributed by atoms with Crippen molar-refractivity contribution in [2.45, 2.75) is 71.6 Å². The van der Waals surface area contributed by atoms with Crippen molar-refractivity contribution in [3.8, 4) is 17.2 Å².